The van der Waals surface area contributed by atoms with Gasteiger partial charge in [-0.3, -0.25) is 15.5 Å². The number of rotatable bonds is 13. The molecule has 44 heavy (non-hydrogen) atoms. The van der Waals surface area contributed by atoms with Gasteiger partial charge in [0.05, 0.1) is 11.4 Å². The number of amidine groups is 1. The lowest BCUT2D eigenvalue weighted by atomic mass is 10.00. The summed E-state index contributed by atoms with van der Waals surface area (Å²) in [5, 5.41) is 13.6. The van der Waals surface area contributed by atoms with Crippen LogP contribution in [-0.2, 0) is 36.5 Å². The molecular weight excluding hydrogens is 588 g/mol. The normalized spacial score (nSPS) is 12.6. The molecule has 4 rings (SSSR count). The van der Waals surface area contributed by atoms with E-state index in [2.05, 4.69) is 15.4 Å². The van der Waals surface area contributed by atoms with E-state index in [9.17, 15) is 22.8 Å². The number of fused-ring (bicyclic) bond motifs is 1. The van der Waals surface area contributed by atoms with Gasteiger partial charge < -0.3 is 19.2 Å². The molecule has 0 radical (unpaired) electrons. The van der Waals surface area contributed by atoms with Gasteiger partial charge in [-0.15, -0.1) is 0 Å². The SMILES string of the molecule is CCCCS(=O)(=O)NC(C)(C(=O)Oc1ccccc1NC=O)c1cc2cc(C(=N)NC(=O)OCc3ccccc3)ccc2o1. The molecule has 0 fully saturated rings. The summed E-state index contributed by atoms with van der Waals surface area (Å²) in [6, 6.07) is 21.3. The molecule has 0 saturated carbocycles. The fourth-order valence-electron chi connectivity index (χ4n) is 4.21. The maximum atomic E-state index is 13.7. The predicted octanol–water partition coefficient (Wildman–Crippen LogP) is 4.79. The van der Waals surface area contributed by atoms with E-state index in [4.69, 9.17) is 19.3 Å². The van der Waals surface area contributed by atoms with Crippen LogP contribution < -0.4 is 20.1 Å². The molecule has 4 aromatic rings. The third-order valence-electron chi connectivity index (χ3n) is 6.58. The molecule has 0 aliphatic carbocycles. The lowest BCUT2D eigenvalue weighted by Gasteiger charge is -2.26. The minimum atomic E-state index is -3.98. The van der Waals surface area contributed by atoms with Gasteiger partial charge in [0.2, 0.25) is 16.4 Å². The summed E-state index contributed by atoms with van der Waals surface area (Å²) in [7, 11) is -3.98. The van der Waals surface area contributed by atoms with Crippen molar-refractivity contribution in [3.05, 3.63) is 95.7 Å². The Hall–Kier alpha value is -5.01. The van der Waals surface area contributed by atoms with Gasteiger partial charge in [-0.2, -0.15) is 4.72 Å². The van der Waals surface area contributed by atoms with Crippen LogP contribution >= 0.6 is 0 Å². The van der Waals surface area contributed by atoms with Crippen LogP contribution in [0.4, 0.5) is 10.5 Å². The van der Waals surface area contributed by atoms with Gasteiger partial charge in [-0.25, -0.2) is 18.0 Å². The standard InChI is InChI=1S/C31H32N4O8S/c1-3-4-16-44(39,40)35-31(2,29(37)43-26-13-9-8-12-24(26)33-20-36)27-18-23-17-22(14-15-25(23)42-27)28(32)34-30(38)41-19-21-10-6-5-7-11-21/h5-15,17-18,20,35H,3-4,16,19H2,1-2H3,(H,33,36)(H2,32,34,38). The minimum Gasteiger partial charge on any atom is -0.458 e. The highest BCUT2D eigenvalue weighted by molar-refractivity contribution is 7.89. The van der Waals surface area contributed by atoms with E-state index in [1.54, 1.807) is 30.3 Å². The highest BCUT2D eigenvalue weighted by Crippen LogP contribution is 2.33. The van der Waals surface area contributed by atoms with Crippen LogP contribution in [0.3, 0.4) is 0 Å². The van der Waals surface area contributed by atoms with Crippen molar-refractivity contribution in [2.75, 3.05) is 11.1 Å². The maximum Gasteiger partial charge on any atom is 0.413 e. The Bertz CT molecular complexity index is 1770. The second-order valence-corrected chi connectivity index (χ2v) is 11.8. The monoisotopic (exact) mass is 620 g/mol. The number of sulfonamides is 1. The fraction of sp³-hybridized carbons (Fsp3) is 0.226. The van der Waals surface area contributed by atoms with Gasteiger partial charge in [-0.05, 0) is 55.3 Å². The summed E-state index contributed by atoms with van der Waals surface area (Å²) in [4.78, 5) is 37.0. The van der Waals surface area contributed by atoms with Crippen LogP contribution in [0.25, 0.3) is 11.0 Å². The molecule has 1 heterocycles. The largest absolute Gasteiger partial charge is 0.458 e. The predicted molar refractivity (Wildman–Crippen MR) is 164 cm³/mol. The highest BCUT2D eigenvalue weighted by Gasteiger charge is 2.44. The van der Waals surface area contributed by atoms with Crippen molar-refractivity contribution in [3.63, 3.8) is 0 Å². The van der Waals surface area contributed by atoms with Crippen LogP contribution in [0.5, 0.6) is 5.75 Å². The summed E-state index contributed by atoms with van der Waals surface area (Å²) >= 11 is 0. The lowest BCUT2D eigenvalue weighted by molar-refractivity contribution is -0.141. The zero-order valence-electron chi connectivity index (χ0n) is 24.1. The van der Waals surface area contributed by atoms with Crippen molar-refractivity contribution in [2.24, 2.45) is 0 Å². The first-order chi connectivity index (χ1) is 21.0. The van der Waals surface area contributed by atoms with Crippen LogP contribution in [0, 0.1) is 5.41 Å². The van der Waals surface area contributed by atoms with E-state index in [-0.39, 0.29) is 41.0 Å². The van der Waals surface area contributed by atoms with E-state index in [1.165, 1.54) is 37.3 Å². The van der Waals surface area contributed by atoms with E-state index in [0.29, 0.717) is 30.2 Å². The number of hydrogen-bond acceptors (Lipinski definition) is 9. The molecule has 1 aromatic heterocycles. The maximum absolute atomic E-state index is 13.7. The number of nitrogens with one attached hydrogen (secondary N) is 4. The van der Waals surface area contributed by atoms with E-state index >= 15 is 0 Å². The van der Waals surface area contributed by atoms with Gasteiger partial charge in [0.1, 0.15) is 23.8 Å². The van der Waals surface area contributed by atoms with E-state index in [1.807, 2.05) is 25.1 Å². The zero-order chi connectivity index (χ0) is 31.7. The number of amides is 2. The number of carbonyl (C=O) groups is 3. The molecule has 1 unspecified atom stereocenters. The Balaban J connectivity index is 1.60. The van der Waals surface area contributed by atoms with E-state index in [0.717, 1.165) is 5.56 Å². The number of hydrogen-bond donors (Lipinski definition) is 4. The number of ether oxygens (including phenoxy) is 2. The molecular formula is C31H32N4O8S. The zero-order valence-corrected chi connectivity index (χ0v) is 24.9. The third-order valence-corrected chi connectivity index (χ3v) is 8.12. The first-order valence-electron chi connectivity index (χ1n) is 13.7. The molecule has 0 aliphatic rings. The first-order valence-corrected chi connectivity index (χ1v) is 15.3. The molecule has 2 amide bonds. The molecule has 12 nitrogen and oxygen atoms in total. The minimum absolute atomic E-state index is 0.000603. The molecule has 1 atom stereocenters. The Morgan fingerprint density at radius 3 is 2.48 bits per heavy atom. The van der Waals surface area contributed by atoms with Crippen molar-refractivity contribution in [1.82, 2.24) is 10.0 Å². The quantitative estimate of drug-likeness (QED) is 0.0542. The Labute approximate surface area is 254 Å². The lowest BCUT2D eigenvalue weighted by Crippen LogP contribution is -2.51. The van der Waals surface area contributed by atoms with Gasteiger partial charge >= 0.3 is 12.1 Å². The number of carbonyl (C=O) groups excluding carboxylic acids is 3. The smallest absolute Gasteiger partial charge is 0.413 e. The van der Waals surface area contributed by atoms with Crippen LogP contribution in [-0.4, -0.2) is 38.5 Å². The van der Waals surface area contributed by atoms with Gasteiger partial charge in [0.15, 0.2) is 11.3 Å². The van der Waals surface area contributed by atoms with Gasteiger partial charge in [-0.1, -0.05) is 55.8 Å². The van der Waals surface area contributed by atoms with Crippen LogP contribution in [0.15, 0.2) is 83.3 Å². The van der Waals surface area contributed by atoms with Crippen LogP contribution in [0.2, 0.25) is 0 Å². The summed E-state index contributed by atoms with van der Waals surface area (Å²) < 4.78 is 45.2. The average molecular weight is 621 g/mol. The van der Waals surface area contributed by atoms with Crippen LogP contribution in [0.1, 0.15) is 43.6 Å². The second kappa shape index (κ2) is 14.0. The number of furan rings is 1. The number of alkyl carbamates (subject to hydrolysis) is 1. The summed E-state index contributed by atoms with van der Waals surface area (Å²) in [5.74, 6) is -1.55. The summed E-state index contributed by atoms with van der Waals surface area (Å²) in [6.07, 6.45) is 0.581. The van der Waals surface area contributed by atoms with Crippen molar-refractivity contribution in [2.45, 2.75) is 38.8 Å². The molecule has 0 aliphatic heterocycles. The molecule has 3 aromatic carbocycles. The molecule has 13 heteroatoms. The second-order valence-electron chi connectivity index (χ2n) is 9.97. The topological polar surface area (TPSA) is 177 Å². The number of esters is 1. The van der Waals surface area contributed by atoms with Crippen molar-refractivity contribution < 1.29 is 36.7 Å². The molecule has 0 saturated heterocycles. The molecule has 0 spiro atoms. The van der Waals surface area contributed by atoms with Crippen molar-refractivity contribution >= 4 is 51.0 Å². The Morgan fingerprint density at radius 2 is 1.75 bits per heavy atom. The van der Waals surface area contributed by atoms with Crippen molar-refractivity contribution in [1.29, 1.82) is 5.41 Å². The molecule has 0 bridgehead atoms. The molecule has 4 N–H and O–H groups in total. The van der Waals surface area contributed by atoms with Gasteiger partial charge in [0.25, 0.3) is 0 Å². The average Bonchev–Trinajstić information content (AvgIpc) is 3.45. The Kier molecular flexibility index (Phi) is 10.1. The van der Waals surface area contributed by atoms with Crippen molar-refractivity contribution in [3.8, 4) is 5.75 Å². The summed E-state index contributed by atoms with van der Waals surface area (Å²) in [6.45, 7) is 3.19. The van der Waals surface area contributed by atoms with Gasteiger partial charge in [0, 0.05) is 10.9 Å². The number of anilines is 1. The Morgan fingerprint density at radius 1 is 1.02 bits per heavy atom. The number of benzene rings is 3. The highest BCUT2D eigenvalue weighted by atomic mass is 32.2. The number of para-hydroxylation sites is 2. The summed E-state index contributed by atoms with van der Waals surface area (Å²) in [5.41, 5.74) is -0.430. The first kappa shape index (κ1) is 31.9. The third kappa shape index (κ3) is 7.88. The molecule has 230 valence electrons. The number of unbranched alkanes of at least 4 members (excludes halogenated alkanes) is 1. The fourth-order valence-corrected chi connectivity index (χ4v) is 5.78. The van der Waals surface area contributed by atoms with E-state index < -0.39 is 27.6 Å².